The number of carbonyl (C=O) groups excluding carboxylic acids is 1. The van der Waals surface area contributed by atoms with E-state index in [1.807, 2.05) is 6.07 Å². The highest BCUT2D eigenvalue weighted by Crippen LogP contribution is 2.18. The Hall–Kier alpha value is -1.89. The summed E-state index contributed by atoms with van der Waals surface area (Å²) in [5.41, 5.74) is 0.655. The normalized spacial score (nSPS) is 11.5. The minimum atomic E-state index is -0.523. The van der Waals surface area contributed by atoms with E-state index in [1.54, 1.807) is 0 Å². The van der Waals surface area contributed by atoms with Gasteiger partial charge >= 0.3 is 0 Å². The van der Waals surface area contributed by atoms with Gasteiger partial charge in [0.1, 0.15) is 5.82 Å². The third-order valence-corrected chi connectivity index (χ3v) is 2.10. The standard InChI is InChI=1S/C11H11FN2O/c1-14-11(15)6-9(7-13)8-2-4-10(12)5-3-8/h2-5,9H,6H2,1H3,(H,14,15). The zero-order chi connectivity index (χ0) is 11.3. The maximum atomic E-state index is 12.6. The minimum Gasteiger partial charge on any atom is -0.359 e. The maximum absolute atomic E-state index is 12.6. The second-order valence-electron chi connectivity index (χ2n) is 3.11. The zero-order valence-corrected chi connectivity index (χ0v) is 8.33. The lowest BCUT2D eigenvalue weighted by Crippen LogP contribution is -2.20. The first-order chi connectivity index (χ1) is 7.17. The summed E-state index contributed by atoms with van der Waals surface area (Å²) in [5.74, 6) is -1.08. The van der Waals surface area contributed by atoms with Crippen molar-refractivity contribution < 1.29 is 9.18 Å². The molecule has 0 fully saturated rings. The quantitative estimate of drug-likeness (QED) is 0.816. The van der Waals surface area contributed by atoms with E-state index >= 15 is 0 Å². The molecule has 0 saturated heterocycles. The van der Waals surface area contributed by atoms with Gasteiger partial charge in [0, 0.05) is 13.5 Å². The number of halogens is 1. The Balaban J connectivity index is 2.80. The van der Waals surface area contributed by atoms with E-state index in [4.69, 9.17) is 5.26 Å². The minimum absolute atomic E-state index is 0.0959. The number of nitrogens with zero attached hydrogens (tertiary/aromatic N) is 1. The third kappa shape index (κ3) is 3.06. The van der Waals surface area contributed by atoms with Crippen LogP contribution in [-0.2, 0) is 4.79 Å². The van der Waals surface area contributed by atoms with Crippen molar-refractivity contribution in [2.45, 2.75) is 12.3 Å². The molecule has 0 heterocycles. The van der Waals surface area contributed by atoms with Crippen molar-refractivity contribution in [1.82, 2.24) is 5.32 Å². The van der Waals surface area contributed by atoms with Crippen LogP contribution in [-0.4, -0.2) is 13.0 Å². The molecule has 4 heteroatoms. The first kappa shape index (κ1) is 11.2. The van der Waals surface area contributed by atoms with Gasteiger partial charge in [-0.3, -0.25) is 4.79 Å². The van der Waals surface area contributed by atoms with Gasteiger partial charge in [0.15, 0.2) is 0 Å². The molecule has 0 bridgehead atoms. The molecule has 1 atom stereocenters. The van der Waals surface area contributed by atoms with Crippen LogP contribution < -0.4 is 5.32 Å². The van der Waals surface area contributed by atoms with Gasteiger partial charge in [-0.15, -0.1) is 0 Å². The molecule has 1 amide bonds. The molecule has 0 aromatic heterocycles. The molecule has 15 heavy (non-hydrogen) atoms. The van der Waals surface area contributed by atoms with Gasteiger partial charge in [-0.05, 0) is 17.7 Å². The number of nitrogens with one attached hydrogen (secondary N) is 1. The first-order valence-electron chi connectivity index (χ1n) is 4.53. The third-order valence-electron chi connectivity index (χ3n) is 2.10. The van der Waals surface area contributed by atoms with Crippen molar-refractivity contribution >= 4 is 5.91 Å². The second kappa shape index (κ2) is 5.11. The average molecular weight is 206 g/mol. The number of rotatable bonds is 3. The van der Waals surface area contributed by atoms with Gasteiger partial charge in [-0.1, -0.05) is 12.1 Å². The smallest absolute Gasteiger partial charge is 0.221 e. The van der Waals surface area contributed by atoms with Crippen LogP contribution in [0.4, 0.5) is 4.39 Å². The Morgan fingerprint density at radius 3 is 2.60 bits per heavy atom. The highest BCUT2D eigenvalue weighted by molar-refractivity contribution is 5.77. The summed E-state index contributed by atoms with van der Waals surface area (Å²) in [4.78, 5) is 11.1. The summed E-state index contributed by atoms with van der Waals surface area (Å²) in [7, 11) is 1.52. The fourth-order valence-corrected chi connectivity index (χ4v) is 1.22. The van der Waals surface area contributed by atoms with Crippen LogP contribution in [0.3, 0.4) is 0 Å². The Kier molecular flexibility index (Phi) is 3.81. The average Bonchev–Trinajstić information content (AvgIpc) is 2.27. The molecule has 0 spiro atoms. The number of amides is 1. The second-order valence-corrected chi connectivity index (χ2v) is 3.11. The predicted molar refractivity (Wildman–Crippen MR) is 53.4 cm³/mol. The Morgan fingerprint density at radius 1 is 1.53 bits per heavy atom. The van der Waals surface area contributed by atoms with Crippen LogP contribution in [0.5, 0.6) is 0 Å². The predicted octanol–water partition coefficient (Wildman–Crippen LogP) is 1.57. The molecule has 1 N–H and O–H groups in total. The summed E-state index contributed by atoms with van der Waals surface area (Å²) in [6, 6.07) is 7.62. The largest absolute Gasteiger partial charge is 0.359 e. The summed E-state index contributed by atoms with van der Waals surface area (Å²) < 4.78 is 12.6. The Bertz CT molecular complexity index is 381. The van der Waals surface area contributed by atoms with Crippen LogP contribution in [0.2, 0.25) is 0 Å². The van der Waals surface area contributed by atoms with Gasteiger partial charge in [0.05, 0.1) is 12.0 Å². The molecule has 0 aliphatic heterocycles. The lowest BCUT2D eigenvalue weighted by Gasteiger charge is -2.07. The van der Waals surface area contributed by atoms with Crippen molar-refractivity contribution in [2.75, 3.05) is 7.05 Å². The fraction of sp³-hybridized carbons (Fsp3) is 0.273. The van der Waals surface area contributed by atoms with E-state index in [0.29, 0.717) is 5.56 Å². The Labute approximate surface area is 87.5 Å². The van der Waals surface area contributed by atoms with Gasteiger partial charge in [0.25, 0.3) is 0 Å². The number of carbonyl (C=O) groups is 1. The molecule has 0 saturated carbocycles. The molecule has 0 radical (unpaired) electrons. The van der Waals surface area contributed by atoms with E-state index < -0.39 is 5.92 Å². The summed E-state index contributed by atoms with van der Waals surface area (Å²) >= 11 is 0. The van der Waals surface area contributed by atoms with E-state index in [-0.39, 0.29) is 18.1 Å². The van der Waals surface area contributed by atoms with E-state index in [0.717, 1.165) is 0 Å². The van der Waals surface area contributed by atoms with Crippen LogP contribution >= 0.6 is 0 Å². The van der Waals surface area contributed by atoms with Crippen molar-refractivity contribution in [3.05, 3.63) is 35.6 Å². The van der Waals surface area contributed by atoms with E-state index in [1.165, 1.54) is 31.3 Å². The van der Waals surface area contributed by atoms with Crippen molar-refractivity contribution in [2.24, 2.45) is 0 Å². The van der Waals surface area contributed by atoms with Crippen LogP contribution in [0, 0.1) is 17.1 Å². The van der Waals surface area contributed by atoms with Crippen LogP contribution in [0.15, 0.2) is 24.3 Å². The number of hydrogen-bond donors (Lipinski definition) is 1. The van der Waals surface area contributed by atoms with E-state index in [9.17, 15) is 9.18 Å². The molecule has 0 aliphatic carbocycles. The molecule has 1 aromatic rings. The number of benzene rings is 1. The molecule has 1 unspecified atom stereocenters. The van der Waals surface area contributed by atoms with Crippen LogP contribution in [0.1, 0.15) is 17.9 Å². The highest BCUT2D eigenvalue weighted by Gasteiger charge is 2.14. The summed E-state index contributed by atoms with van der Waals surface area (Å²) in [6.07, 6.45) is 0.0959. The summed E-state index contributed by atoms with van der Waals surface area (Å²) in [6.45, 7) is 0. The van der Waals surface area contributed by atoms with E-state index in [2.05, 4.69) is 5.32 Å². The zero-order valence-electron chi connectivity index (χ0n) is 8.33. The van der Waals surface area contributed by atoms with Gasteiger partial charge in [0.2, 0.25) is 5.91 Å². The van der Waals surface area contributed by atoms with Crippen molar-refractivity contribution in [3.63, 3.8) is 0 Å². The van der Waals surface area contributed by atoms with Crippen molar-refractivity contribution in [3.8, 4) is 6.07 Å². The topological polar surface area (TPSA) is 52.9 Å². The number of nitriles is 1. The molecule has 78 valence electrons. The van der Waals surface area contributed by atoms with Crippen LogP contribution in [0.25, 0.3) is 0 Å². The molecule has 3 nitrogen and oxygen atoms in total. The Morgan fingerprint density at radius 2 is 2.13 bits per heavy atom. The van der Waals surface area contributed by atoms with Gasteiger partial charge < -0.3 is 5.32 Å². The SMILES string of the molecule is CNC(=O)CC(C#N)c1ccc(F)cc1. The maximum Gasteiger partial charge on any atom is 0.221 e. The van der Waals surface area contributed by atoms with Gasteiger partial charge in [-0.25, -0.2) is 4.39 Å². The highest BCUT2D eigenvalue weighted by atomic mass is 19.1. The molecule has 1 aromatic carbocycles. The number of hydrogen-bond acceptors (Lipinski definition) is 2. The fourth-order valence-electron chi connectivity index (χ4n) is 1.22. The monoisotopic (exact) mass is 206 g/mol. The molecule has 0 aliphatic rings. The summed E-state index contributed by atoms with van der Waals surface area (Å²) in [5, 5.41) is 11.3. The molecular weight excluding hydrogens is 195 g/mol. The first-order valence-corrected chi connectivity index (χ1v) is 4.53. The lowest BCUT2D eigenvalue weighted by atomic mass is 9.97. The molecule has 1 rings (SSSR count). The lowest BCUT2D eigenvalue weighted by molar-refractivity contribution is -0.120. The molecular formula is C11H11FN2O. The van der Waals surface area contributed by atoms with Crippen molar-refractivity contribution in [1.29, 1.82) is 5.26 Å². The van der Waals surface area contributed by atoms with Gasteiger partial charge in [-0.2, -0.15) is 5.26 Å².